The summed E-state index contributed by atoms with van der Waals surface area (Å²) in [5.74, 6) is -3.31. The minimum atomic E-state index is -4.69. The average molecular weight is 513 g/mol. The minimum Gasteiger partial charge on any atom is -0.503 e. The van der Waals surface area contributed by atoms with E-state index in [0.717, 1.165) is 41.2 Å². The first kappa shape index (κ1) is 24.2. The quantitative estimate of drug-likeness (QED) is 0.403. The van der Waals surface area contributed by atoms with Gasteiger partial charge in [-0.2, -0.15) is 0 Å². The van der Waals surface area contributed by atoms with Crippen molar-refractivity contribution in [2.24, 2.45) is 0 Å². The molecule has 0 saturated heterocycles. The summed E-state index contributed by atoms with van der Waals surface area (Å²) in [6, 6.07) is 20.3. The van der Waals surface area contributed by atoms with Crippen molar-refractivity contribution in [1.82, 2.24) is 9.29 Å². The molecule has 0 unspecified atom stereocenters. The van der Waals surface area contributed by atoms with E-state index >= 15 is 0 Å². The second kappa shape index (κ2) is 9.73. The molecule has 4 rings (SSSR count). The fourth-order valence-electron chi connectivity index (χ4n) is 3.55. The van der Waals surface area contributed by atoms with E-state index in [1.807, 2.05) is 54.6 Å². The number of nitrogens with zero attached hydrogens (tertiary/aromatic N) is 1. The smallest absolute Gasteiger partial charge is 0.270 e. The van der Waals surface area contributed by atoms with Crippen LogP contribution in [0.5, 0.6) is 5.75 Å². The van der Waals surface area contributed by atoms with Crippen LogP contribution in [-0.2, 0) is 16.6 Å². The Morgan fingerprint density at radius 3 is 2.40 bits per heavy atom. The molecule has 0 saturated carbocycles. The molecular formula is C25H18ClFN2O5S. The topological polar surface area (TPSA) is 105 Å². The van der Waals surface area contributed by atoms with Crippen LogP contribution < -0.4 is 10.2 Å². The highest BCUT2D eigenvalue weighted by atomic mass is 35.5. The Bertz CT molecular complexity index is 1590. The second-order valence-electron chi connectivity index (χ2n) is 7.57. The number of hydrogen-bond donors (Lipinski definition) is 2. The van der Waals surface area contributed by atoms with Gasteiger partial charge in [-0.25, -0.2) is 17.5 Å². The predicted molar refractivity (Wildman–Crippen MR) is 129 cm³/mol. The highest BCUT2D eigenvalue weighted by Gasteiger charge is 2.26. The predicted octanol–water partition coefficient (Wildman–Crippen LogP) is 4.18. The number of aromatic hydroxyl groups is 1. The van der Waals surface area contributed by atoms with E-state index in [0.29, 0.717) is 0 Å². The van der Waals surface area contributed by atoms with Crippen molar-refractivity contribution in [3.8, 4) is 16.9 Å². The van der Waals surface area contributed by atoms with Crippen LogP contribution in [0.1, 0.15) is 15.9 Å². The number of rotatable bonds is 6. The maximum absolute atomic E-state index is 14.2. The highest BCUT2D eigenvalue weighted by molar-refractivity contribution is 7.90. The second-order valence-corrected chi connectivity index (χ2v) is 9.63. The molecule has 7 nitrogen and oxygen atoms in total. The Balaban J connectivity index is 1.68. The average Bonchev–Trinajstić information content (AvgIpc) is 2.83. The molecular weight excluding hydrogens is 495 g/mol. The molecule has 0 radical (unpaired) electrons. The van der Waals surface area contributed by atoms with Crippen molar-refractivity contribution in [2.75, 3.05) is 0 Å². The number of carbonyl (C=O) groups is 1. The summed E-state index contributed by atoms with van der Waals surface area (Å²) in [6.45, 7) is 0.162. The molecule has 0 atom stereocenters. The van der Waals surface area contributed by atoms with Crippen LogP contribution >= 0.6 is 11.6 Å². The van der Waals surface area contributed by atoms with E-state index in [-0.39, 0.29) is 6.54 Å². The number of amides is 1. The van der Waals surface area contributed by atoms with E-state index < -0.39 is 48.4 Å². The first-order chi connectivity index (χ1) is 16.7. The standard InChI is InChI=1S/C25H18ClFN2O5S/c26-20-11-6-12-22(23(20)27)35(33,34)28-25(32)19-14-29(15-21(30)24(19)31)13-17-9-4-5-10-18(17)16-7-2-1-3-8-16/h1-12,14-15,30H,13H2,(H,28,32). The lowest BCUT2D eigenvalue weighted by Crippen LogP contribution is -2.34. The van der Waals surface area contributed by atoms with Crippen LogP contribution in [0.25, 0.3) is 11.1 Å². The number of benzene rings is 3. The van der Waals surface area contributed by atoms with Gasteiger partial charge in [-0.3, -0.25) is 9.59 Å². The fourth-order valence-corrected chi connectivity index (χ4v) is 4.84. The Morgan fingerprint density at radius 2 is 1.66 bits per heavy atom. The van der Waals surface area contributed by atoms with Gasteiger partial charge in [0.15, 0.2) is 11.6 Å². The van der Waals surface area contributed by atoms with Crippen molar-refractivity contribution in [2.45, 2.75) is 11.4 Å². The van der Waals surface area contributed by atoms with Crippen LogP contribution in [-0.4, -0.2) is 24.0 Å². The lowest BCUT2D eigenvalue weighted by Gasteiger charge is -2.14. The van der Waals surface area contributed by atoms with Crippen molar-refractivity contribution in [3.05, 3.63) is 117 Å². The van der Waals surface area contributed by atoms with Gasteiger partial charge in [-0.05, 0) is 28.8 Å². The van der Waals surface area contributed by atoms with Crippen molar-refractivity contribution in [3.63, 3.8) is 0 Å². The van der Waals surface area contributed by atoms with E-state index in [2.05, 4.69) is 0 Å². The Morgan fingerprint density at radius 1 is 0.971 bits per heavy atom. The zero-order chi connectivity index (χ0) is 25.2. The summed E-state index contributed by atoms with van der Waals surface area (Å²) in [4.78, 5) is 24.3. The van der Waals surface area contributed by atoms with E-state index in [1.165, 1.54) is 10.6 Å². The summed E-state index contributed by atoms with van der Waals surface area (Å²) in [5, 5.41) is 9.70. The number of nitrogens with one attached hydrogen (secondary N) is 1. The van der Waals surface area contributed by atoms with Crippen LogP contribution in [0, 0.1) is 5.82 Å². The number of hydrogen-bond acceptors (Lipinski definition) is 5. The van der Waals surface area contributed by atoms with Gasteiger partial charge in [0.25, 0.3) is 15.9 Å². The lowest BCUT2D eigenvalue weighted by molar-refractivity contribution is 0.0979. The first-order valence-corrected chi connectivity index (χ1v) is 12.1. The fraction of sp³-hybridized carbons (Fsp3) is 0.0400. The number of halogens is 2. The third-order valence-corrected chi connectivity index (χ3v) is 6.83. The summed E-state index contributed by atoms with van der Waals surface area (Å²) >= 11 is 5.64. The molecule has 1 heterocycles. The molecule has 0 aliphatic rings. The molecule has 3 aromatic carbocycles. The van der Waals surface area contributed by atoms with Gasteiger partial charge < -0.3 is 9.67 Å². The van der Waals surface area contributed by atoms with Crippen LogP contribution in [0.2, 0.25) is 5.02 Å². The molecule has 0 spiro atoms. The van der Waals surface area contributed by atoms with Gasteiger partial charge in [0, 0.05) is 12.7 Å². The SMILES string of the molecule is O=C(NS(=O)(=O)c1cccc(Cl)c1F)c1cn(Cc2ccccc2-c2ccccc2)cc(O)c1=O. The zero-order valence-electron chi connectivity index (χ0n) is 18.0. The van der Waals surface area contributed by atoms with E-state index in [9.17, 15) is 27.5 Å². The maximum atomic E-state index is 14.2. The monoisotopic (exact) mass is 512 g/mol. The Kier molecular flexibility index (Phi) is 6.72. The Hall–Kier alpha value is -3.95. The lowest BCUT2D eigenvalue weighted by atomic mass is 9.99. The van der Waals surface area contributed by atoms with E-state index in [1.54, 1.807) is 4.72 Å². The van der Waals surface area contributed by atoms with Gasteiger partial charge in [0.05, 0.1) is 11.2 Å². The highest BCUT2D eigenvalue weighted by Crippen LogP contribution is 2.25. The summed E-state index contributed by atoms with van der Waals surface area (Å²) in [6.07, 6.45) is 2.27. The van der Waals surface area contributed by atoms with Gasteiger partial charge in [0.2, 0.25) is 5.43 Å². The molecule has 1 aromatic heterocycles. The molecule has 35 heavy (non-hydrogen) atoms. The Labute approximate surface area is 205 Å². The van der Waals surface area contributed by atoms with Gasteiger partial charge in [-0.1, -0.05) is 72.3 Å². The van der Waals surface area contributed by atoms with Crippen LogP contribution in [0.15, 0.2) is 94.9 Å². The molecule has 0 aliphatic heterocycles. The first-order valence-electron chi connectivity index (χ1n) is 10.2. The minimum absolute atomic E-state index is 0.162. The van der Waals surface area contributed by atoms with Crippen LogP contribution in [0.3, 0.4) is 0 Å². The van der Waals surface area contributed by atoms with E-state index in [4.69, 9.17) is 11.6 Å². The van der Waals surface area contributed by atoms with Gasteiger partial charge >= 0.3 is 0 Å². The summed E-state index contributed by atoms with van der Waals surface area (Å²) in [7, 11) is -4.69. The molecule has 0 aliphatic carbocycles. The molecule has 0 bridgehead atoms. The number of sulfonamides is 1. The normalized spacial score (nSPS) is 11.3. The molecule has 1 amide bonds. The zero-order valence-corrected chi connectivity index (χ0v) is 19.6. The molecule has 4 aromatic rings. The largest absolute Gasteiger partial charge is 0.503 e. The van der Waals surface area contributed by atoms with Crippen molar-refractivity contribution < 1.29 is 22.7 Å². The summed E-state index contributed by atoms with van der Waals surface area (Å²) < 4.78 is 42.4. The van der Waals surface area contributed by atoms with Gasteiger partial charge in [-0.15, -0.1) is 0 Å². The maximum Gasteiger partial charge on any atom is 0.270 e. The molecule has 178 valence electrons. The number of pyridine rings is 1. The summed E-state index contributed by atoms with van der Waals surface area (Å²) in [5.41, 5.74) is 0.962. The van der Waals surface area contributed by atoms with Crippen molar-refractivity contribution in [1.29, 1.82) is 0 Å². The van der Waals surface area contributed by atoms with Crippen molar-refractivity contribution >= 4 is 27.5 Å². The third-order valence-electron chi connectivity index (χ3n) is 5.19. The molecule has 0 fully saturated rings. The van der Waals surface area contributed by atoms with Gasteiger partial charge in [0.1, 0.15) is 10.5 Å². The number of aromatic nitrogens is 1. The molecule has 10 heteroatoms. The number of carbonyl (C=O) groups excluding carboxylic acids is 1. The third kappa shape index (κ3) is 5.11. The van der Waals surface area contributed by atoms with Crippen LogP contribution in [0.4, 0.5) is 4.39 Å². The molecule has 2 N–H and O–H groups in total.